The number of carbonyl (C=O) groups excluding carboxylic acids is 2. The summed E-state index contributed by atoms with van der Waals surface area (Å²) in [6.45, 7) is -0.0380. The van der Waals surface area contributed by atoms with E-state index in [-0.39, 0.29) is 18.5 Å². The molecule has 0 spiro atoms. The summed E-state index contributed by atoms with van der Waals surface area (Å²) in [4.78, 5) is 25.4. The number of nitrogens with zero attached hydrogens (tertiary/aromatic N) is 1. The van der Waals surface area contributed by atoms with Crippen molar-refractivity contribution in [3.63, 3.8) is 0 Å². The molecule has 0 aliphatic heterocycles. The van der Waals surface area contributed by atoms with Crippen LogP contribution in [0, 0.1) is 0 Å². The highest BCUT2D eigenvalue weighted by Gasteiger charge is 2.28. The number of nitrogens with two attached hydrogens (primary N) is 1. The van der Waals surface area contributed by atoms with Gasteiger partial charge in [0.15, 0.2) is 0 Å². The highest BCUT2D eigenvalue weighted by molar-refractivity contribution is 9.10. The van der Waals surface area contributed by atoms with Crippen LogP contribution in [-0.2, 0) is 4.79 Å². The summed E-state index contributed by atoms with van der Waals surface area (Å²) in [5.41, 5.74) is 5.78. The molecule has 2 rings (SSSR count). The Hall–Kier alpha value is -1.07. The minimum Gasteiger partial charge on any atom is -0.368 e. The molecule has 0 radical (unpaired) electrons. The lowest BCUT2D eigenvalue weighted by Gasteiger charge is -2.28. The van der Waals surface area contributed by atoms with Gasteiger partial charge in [-0.15, -0.1) is 0 Å². The van der Waals surface area contributed by atoms with E-state index >= 15 is 0 Å². The third-order valence-corrected chi connectivity index (χ3v) is 4.73. The fourth-order valence-electron chi connectivity index (χ4n) is 2.55. The first-order valence-corrected chi connectivity index (χ1v) is 7.70. The molecule has 2 N–H and O–H groups in total. The van der Waals surface area contributed by atoms with Gasteiger partial charge in [0.05, 0.1) is 11.6 Å². The first kappa shape index (κ1) is 15.3. The highest BCUT2D eigenvalue weighted by atomic mass is 79.9. The summed E-state index contributed by atoms with van der Waals surface area (Å²) in [6.07, 6.45) is 4.01. The molecule has 0 saturated heterocycles. The van der Waals surface area contributed by atoms with Crippen LogP contribution in [0.25, 0.3) is 0 Å². The number of halogens is 2. The van der Waals surface area contributed by atoms with E-state index in [0.717, 1.165) is 25.7 Å². The second kappa shape index (κ2) is 6.59. The van der Waals surface area contributed by atoms with Gasteiger partial charge in [-0.05, 0) is 47.0 Å². The summed E-state index contributed by atoms with van der Waals surface area (Å²) in [5.74, 6) is -0.661. The minimum atomic E-state index is -0.488. The molecule has 6 heteroatoms. The molecule has 0 atom stereocenters. The second-order valence-corrected chi connectivity index (χ2v) is 6.23. The van der Waals surface area contributed by atoms with Crippen molar-refractivity contribution in [3.05, 3.63) is 33.3 Å². The predicted molar refractivity (Wildman–Crippen MR) is 81.6 cm³/mol. The van der Waals surface area contributed by atoms with Crippen molar-refractivity contribution in [1.82, 2.24) is 4.90 Å². The number of carbonyl (C=O) groups is 2. The third kappa shape index (κ3) is 3.52. The van der Waals surface area contributed by atoms with Crippen molar-refractivity contribution < 1.29 is 9.59 Å². The van der Waals surface area contributed by atoms with Crippen molar-refractivity contribution >= 4 is 39.3 Å². The van der Waals surface area contributed by atoms with Crippen LogP contribution in [0.4, 0.5) is 0 Å². The SMILES string of the molecule is NC(=O)CN(C(=O)c1ccc(Cl)c(Br)c1)C1CCCC1. The monoisotopic (exact) mass is 358 g/mol. The molecule has 2 amide bonds. The van der Waals surface area contributed by atoms with Gasteiger partial charge in [0.25, 0.3) is 5.91 Å². The molecule has 1 saturated carbocycles. The molecular formula is C14H16BrClN2O2. The molecule has 4 nitrogen and oxygen atoms in total. The summed E-state index contributed by atoms with van der Waals surface area (Å²) in [7, 11) is 0. The third-order valence-electron chi connectivity index (χ3n) is 3.52. The van der Waals surface area contributed by atoms with Gasteiger partial charge in [-0.2, -0.15) is 0 Å². The van der Waals surface area contributed by atoms with Crippen LogP contribution < -0.4 is 5.73 Å². The van der Waals surface area contributed by atoms with Crippen LogP contribution in [0.15, 0.2) is 22.7 Å². The van der Waals surface area contributed by atoms with Gasteiger partial charge in [-0.3, -0.25) is 9.59 Å². The molecule has 1 aliphatic rings. The zero-order valence-corrected chi connectivity index (χ0v) is 13.3. The van der Waals surface area contributed by atoms with Crippen molar-refractivity contribution in [2.45, 2.75) is 31.7 Å². The van der Waals surface area contributed by atoms with Gasteiger partial charge in [-0.25, -0.2) is 0 Å². The Kier molecular flexibility index (Phi) is 5.05. The normalized spacial score (nSPS) is 15.3. The fraction of sp³-hybridized carbons (Fsp3) is 0.429. The molecule has 1 fully saturated rings. The highest BCUT2D eigenvalue weighted by Crippen LogP contribution is 2.27. The number of benzene rings is 1. The van der Waals surface area contributed by atoms with Crippen LogP contribution >= 0.6 is 27.5 Å². The standard InChI is InChI=1S/C14H16BrClN2O2/c15-11-7-9(5-6-12(11)16)14(20)18(8-13(17)19)10-3-1-2-4-10/h5-7,10H,1-4,8H2,(H2,17,19). The fourth-order valence-corrected chi connectivity index (χ4v) is 3.04. The van der Waals surface area contributed by atoms with Crippen LogP contribution in [0.2, 0.25) is 5.02 Å². The van der Waals surface area contributed by atoms with Gasteiger partial charge < -0.3 is 10.6 Å². The first-order chi connectivity index (χ1) is 9.49. The zero-order chi connectivity index (χ0) is 14.7. The Labute approximate surface area is 131 Å². The largest absolute Gasteiger partial charge is 0.368 e. The summed E-state index contributed by atoms with van der Waals surface area (Å²) in [5, 5.41) is 0.545. The Morgan fingerprint density at radius 1 is 1.35 bits per heavy atom. The Balaban J connectivity index is 2.24. The Morgan fingerprint density at radius 3 is 2.55 bits per heavy atom. The van der Waals surface area contributed by atoms with E-state index in [2.05, 4.69) is 15.9 Å². The van der Waals surface area contributed by atoms with Gasteiger partial charge >= 0.3 is 0 Å². The molecule has 1 aromatic carbocycles. The first-order valence-electron chi connectivity index (χ1n) is 6.53. The maximum Gasteiger partial charge on any atom is 0.254 e. The van der Waals surface area contributed by atoms with Crippen LogP contribution in [0.5, 0.6) is 0 Å². The number of hydrogen-bond donors (Lipinski definition) is 1. The van der Waals surface area contributed by atoms with Crippen molar-refractivity contribution in [2.75, 3.05) is 6.54 Å². The predicted octanol–water partition coefficient (Wildman–Crippen LogP) is 2.97. The topological polar surface area (TPSA) is 63.4 Å². The zero-order valence-electron chi connectivity index (χ0n) is 10.9. The molecule has 108 valence electrons. The van der Waals surface area contributed by atoms with E-state index in [1.54, 1.807) is 23.1 Å². The van der Waals surface area contributed by atoms with Crippen LogP contribution in [0.1, 0.15) is 36.0 Å². The van der Waals surface area contributed by atoms with E-state index in [4.69, 9.17) is 17.3 Å². The van der Waals surface area contributed by atoms with Gasteiger partial charge in [0.2, 0.25) is 5.91 Å². The van der Waals surface area contributed by atoms with Gasteiger partial charge in [0, 0.05) is 16.1 Å². The maximum absolute atomic E-state index is 12.6. The average molecular weight is 360 g/mol. The van der Waals surface area contributed by atoms with Gasteiger partial charge in [-0.1, -0.05) is 24.4 Å². The van der Waals surface area contributed by atoms with E-state index in [1.165, 1.54) is 0 Å². The Bertz CT molecular complexity index is 530. The number of rotatable bonds is 4. The van der Waals surface area contributed by atoms with Crippen LogP contribution in [0.3, 0.4) is 0 Å². The molecule has 20 heavy (non-hydrogen) atoms. The molecule has 0 bridgehead atoms. The maximum atomic E-state index is 12.6. The second-order valence-electron chi connectivity index (χ2n) is 4.97. The van der Waals surface area contributed by atoms with Crippen molar-refractivity contribution in [1.29, 1.82) is 0 Å². The smallest absolute Gasteiger partial charge is 0.254 e. The number of primary amides is 1. The quantitative estimate of drug-likeness (QED) is 0.898. The summed E-state index contributed by atoms with van der Waals surface area (Å²) in [6, 6.07) is 5.10. The molecule has 0 aromatic heterocycles. The lowest BCUT2D eigenvalue weighted by Crippen LogP contribution is -2.44. The molecular weight excluding hydrogens is 344 g/mol. The molecule has 0 heterocycles. The van der Waals surface area contributed by atoms with Crippen molar-refractivity contribution in [3.8, 4) is 0 Å². The van der Waals surface area contributed by atoms with E-state index in [0.29, 0.717) is 15.1 Å². The van der Waals surface area contributed by atoms with E-state index < -0.39 is 5.91 Å². The molecule has 1 aromatic rings. The summed E-state index contributed by atoms with van der Waals surface area (Å²) >= 11 is 9.23. The lowest BCUT2D eigenvalue weighted by atomic mass is 10.1. The average Bonchev–Trinajstić information content (AvgIpc) is 2.92. The van der Waals surface area contributed by atoms with E-state index in [1.807, 2.05) is 0 Å². The minimum absolute atomic E-state index is 0.0380. The van der Waals surface area contributed by atoms with E-state index in [9.17, 15) is 9.59 Å². The number of amides is 2. The number of hydrogen-bond acceptors (Lipinski definition) is 2. The van der Waals surface area contributed by atoms with Crippen molar-refractivity contribution in [2.24, 2.45) is 5.73 Å². The van der Waals surface area contributed by atoms with Gasteiger partial charge in [0.1, 0.15) is 0 Å². The summed E-state index contributed by atoms with van der Waals surface area (Å²) < 4.78 is 0.662. The Morgan fingerprint density at radius 2 is 2.00 bits per heavy atom. The lowest BCUT2D eigenvalue weighted by molar-refractivity contribution is -0.119. The molecule has 0 unspecified atom stereocenters. The molecule has 1 aliphatic carbocycles. The van der Waals surface area contributed by atoms with Crippen LogP contribution in [-0.4, -0.2) is 29.3 Å².